The van der Waals surface area contributed by atoms with Crippen LogP contribution in [0.15, 0.2) is 0 Å². The first-order valence-electron chi connectivity index (χ1n) is 5.42. The van der Waals surface area contributed by atoms with Crippen molar-refractivity contribution in [3.63, 3.8) is 0 Å². The number of nitrogens with zero attached hydrogens (tertiary/aromatic N) is 1. The van der Waals surface area contributed by atoms with E-state index in [4.69, 9.17) is 0 Å². The van der Waals surface area contributed by atoms with Crippen LogP contribution < -0.4 is 0 Å². The summed E-state index contributed by atoms with van der Waals surface area (Å²) in [5.74, 6) is 0. The third kappa shape index (κ3) is 4.46. The van der Waals surface area contributed by atoms with Crippen LogP contribution >= 0.6 is 15.9 Å². The monoisotopic (exact) mass is 247 g/mol. The smallest absolute Gasteiger partial charge is 0.00327 e. The molecule has 0 aromatic heterocycles. The predicted octanol–water partition coefficient (Wildman–Crippen LogP) is 3.28. The lowest BCUT2D eigenvalue weighted by Crippen LogP contribution is -2.40. The average Bonchev–Trinajstić information content (AvgIpc) is 2.03. The van der Waals surface area contributed by atoms with Gasteiger partial charge >= 0.3 is 0 Å². The third-order valence-electron chi connectivity index (χ3n) is 2.84. The molecule has 0 bridgehead atoms. The highest BCUT2D eigenvalue weighted by Gasteiger charge is 2.25. The molecule has 1 heterocycles. The highest BCUT2D eigenvalue weighted by atomic mass is 79.9. The lowest BCUT2D eigenvalue weighted by atomic mass is 9.84. The lowest BCUT2D eigenvalue weighted by molar-refractivity contribution is 0.116. The highest BCUT2D eigenvalue weighted by Crippen LogP contribution is 2.28. The minimum Gasteiger partial charge on any atom is -0.303 e. The molecule has 1 aliphatic heterocycles. The van der Waals surface area contributed by atoms with E-state index in [1.165, 1.54) is 45.3 Å². The number of alkyl halides is 1. The maximum absolute atomic E-state index is 3.48. The van der Waals surface area contributed by atoms with Crippen molar-refractivity contribution in [3.05, 3.63) is 0 Å². The molecule has 0 N–H and O–H groups in total. The average molecular weight is 248 g/mol. The molecule has 0 atom stereocenters. The van der Waals surface area contributed by atoms with Gasteiger partial charge in [-0.15, -0.1) is 0 Å². The second-order valence-electron chi connectivity index (χ2n) is 4.94. The van der Waals surface area contributed by atoms with Gasteiger partial charge in [0.1, 0.15) is 0 Å². The van der Waals surface area contributed by atoms with E-state index in [1.54, 1.807) is 0 Å². The van der Waals surface area contributed by atoms with Crippen molar-refractivity contribution < 1.29 is 0 Å². The van der Waals surface area contributed by atoms with Crippen molar-refractivity contribution >= 4 is 15.9 Å². The summed E-state index contributed by atoms with van der Waals surface area (Å²) in [7, 11) is 0. The Hall–Kier alpha value is 0.440. The van der Waals surface area contributed by atoms with E-state index < -0.39 is 0 Å². The molecule has 1 saturated heterocycles. The van der Waals surface area contributed by atoms with Crippen molar-refractivity contribution in [2.45, 2.75) is 39.5 Å². The van der Waals surface area contributed by atoms with Gasteiger partial charge in [-0.2, -0.15) is 0 Å². The first kappa shape index (κ1) is 11.5. The Kier molecular flexibility index (Phi) is 4.74. The van der Waals surface area contributed by atoms with Crippen LogP contribution in [0.5, 0.6) is 0 Å². The van der Waals surface area contributed by atoms with Gasteiger partial charge in [0.15, 0.2) is 0 Å². The fourth-order valence-electron chi connectivity index (χ4n) is 2.17. The topological polar surface area (TPSA) is 3.24 Å². The Balaban J connectivity index is 2.19. The molecule has 1 aliphatic rings. The van der Waals surface area contributed by atoms with E-state index in [9.17, 15) is 0 Å². The Morgan fingerprint density at radius 1 is 1.31 bits per heavy atom. The fraction of sp³-hybridized carbons (Fsp3) is 1.00. The molecule has 0 amide bonds. The van der Waals surface area contributed by atoms with E-state index >= 15 is 0 Å². The molecule has 0 aromatic carbocycles. The van der Waals surface area contributed by atoms with Crippen LogP contribution in [0.4, 0.5) is 0 Å². The molecule has 2 heteroatoms. The zero-order valence-electron chi connectivity index (χ0n) is 8.98. The van der Waals surface area contributed by atoms with Gasteiger partial charge in [0.2, 0.25) is 0 Å². The summed E-state index contributed by atoms with van der Waals surface area (Å²) < 4.78 is 0. The van der Waals surface area contributed by atoms with Crippen molar-refractivity contribution in [2.24, 2.45) is 5.41 Å². The minimum atomic E-state index is 0.562. The summed E-state index contributed by atoms with van der Waals surface area (Å²) in [4.78, 5) is 2.63. The van der Waals surface area contributed by atoms with Crippen LogP contribution in [0.1, 0.15) is 39.5 Å². The number of hydrogen-bond donors (Lipinski definition) is 0. The largest absolute Gasteiger partial charge is 0.303 e. The molecule has 0 radical (unpaired) electrons. The SMILES string of the molecule is CC1(C)CCCN(CCCCBr)C1. The van der Waals surface area contributed by atoms with Gasteiger partial charge in [0, 0.05) is 11.9 Å². The molecule has 1 fully saturated rings. The molecule has 13 heavy (non-hydrogen) atoms. The summed E-state index contributed by atoms with van der Waals surface area (Å²) in [6.07, 6.45) is 5.46. The maximum atomic E-state index is 3.48. The van der Waals surface area contributed by atoms with Crippen molar-refractivity contribution in [3.8, 4) is 0 Å². The minimum absolute atomic E-state index is 0.562. The molecule has 0 saturated carbocycles. The van der Waals surface area contributed by atoms with Crippen LogP contribution in [-0.2, 0) is 0 Å². The van der Waals surface area contributed by atoms with Crippen molar-refractivity contribution in [2.75, 3.05) is 25.0 Å². The maximum Gasteiger partial charge on any atom is 0.00327 e. The van der Waals surface area contributed by atoms with Crippen LogP contribution in [-0.4, -0.2) is 29.9 Å². The van der Waals surface area contributed by atoms with Gasteiger partial charge in [0.25, 0.3) is 0 Å². The first-order chi connectivity index (χ1) is 6.14. The molecule has 0 spiro atoms. The standard InChI is InChI=1S/C11H22BrN/c1-11(2)6-5-9-13(10-11)8-4-3-7-12/h3-10H2,1-2H3. The van der Waals surface area contributed by atoms with E-state index in [-0.39, 0.29) is 0 Å². The van der Waals surface area contributed by atoms with Gasteiger partial charge in [0.05, 0.1) is 0 Å². The van der Waals surface area contributed by atoms with Gasteiger partial charge in [-0.25, -0.2) is 0 Å². The summed E-state index contributed by atoms with van der Waals surface area (Å²) in [6, 6.07) is 0. The van der Waals surface area contributed by atoms with Crippen LogP contribution in [0.2, 0.25) is 0 Å². The quantitative estimate of drug-likeness (QED) is 0.545. The number of piperidine rings is 1. The molecule has 1 nitrogen and oxygen atoms in total. The van der Waals surface area contributed by atoms with Crippen LogP contribution in [0, 0.1) is 5.41 Å². The van der Waals surface area contributed by atoms with Crippen molar-refractivity contribution in [1.82, 2.24) is 4.90 Å². The predicted molar refractivity (Wildman–Crippen MR) is 62.5 cm³/mol. The Labute approximate surface area is 91.0 Å². The molecule has 0 aromatic rings. The molecule has 78 valence electrons. The van der Waals surface area contributed by atoms with E-state index in [2.05, 4.69) is 34.7 Å². The van der Waals surface area contributed by atoms with Gasteiger partial charge in [-0.05, 0) is 44.2 Å². The van der Waals surface area contributed by atoms with Crippen molar-refractivity contribution in [1.29, 1.82) is 0 Å². The number of hydrogen-bond acceptors (Lipinski definition) is 1. The zero-order chi connectivity index (χ0) is 9.73. The van der Waals surface area contributed by atoms with Gasteiger partial charge in [-0.1, -0.05) is 29.8 Å². The molecular formula is C11H22BrN. The number of unbranched alkanes of at least 4 members (excludes halogenated alkanes) is 1. The lowest BCUT2D eigenvalue weighted by Gasteiger charge is -2.38. The third-order valence-corrected chi connectivity index (χ3v) is 3.40. The molecule has 0 aliphatic carbocycles. The Morgan fingerprint density at radius 2 is 2.08 bits per heavy atom. The zero-order valence-corrected chi connectivity index (χ0v) is 10.6. The number of likely N-dealkylation sites (tertiary alicyclic amines) is 1. The molecule has 0 unspecified atom stereocenters. The van der Waals surface area contributed by atoms with Gasteiger partial charge < -0.3 is 4.90 Å². The van der Waals surface area contributed by atoms with Gasteiger partial charge in [-0.3, -0.25) is 0 Å². The Morgan fingerprint density at radius 3 is 2.69 bits per heavy atom. The van der Waals surface area contributed by atoms with E-state index in [1.807, 2.05) is 0 Å². The fourth-order valence-corrected chi connectivity index (χ4v) is 2.56. The summed E-state index contributed by atoms with van der Waals surface area (Å²) >= 11 is 3.48. The normalized spacial score (nSPS) is 23.3. The van der Waals surface area contributed by atoms with Crippen LogP contribution in [0.3, 0.4) is 0 Å². The second-order valence-corrected chi connectivity index (χ2v) is 5.73. The number of halogens is 1. The van der Waals surface area contributed by atoms with E-state index in [0.717, 1.165) is 5.33 Å². The first-order valence-corrected chi connectivity index (χ1v) is 6.54. The summed E-state index contributed by atoms with van der Waals surface area (Å²) in [5, 5.41) is 1.16. The van der Waals surface area contributed by atoms with E-state index in [0.29, 0.717) is 5.41 Å². The van der Waals surface area contributed by atoms with Crippen LogP contribution in [0.25, 0.3) is 0 Å². The summed E-state index contributed by atoms with van der Waals surface area (Å²) in [5.41, 5.74) is 0.562. The highest BCUT2D eigenvalue weighted by molar-refractivity contribution is 9.09. The Bertz CT molecular complexity index is 145. The molecule has 1 rings (SSSR count). The second kappa shape index (κ2) is 5.35. The number of rotatable bonds is 4. The molecular weight excluding hydrogens is 226 g/mol. The summed E-state index contributed by atoms with van der Waals surface area (Å²) in [6.45, 7) is 8.71.